The minimum absolute atomic E-state index is 0.0446. The van der Waals surface area contributed by atoms with Gasteiger partial charge in [0.25, 0.3) is 0 Å². The zero-order chi connectivity index (χ0) is 13.6. The van der Waals surface area contributed by atoms with Gasteiger partial charge in [0.2, 0.25) is 0 Å². The molecule has 0 spiro atoms. The molecule has 3 atom stereocenters. The highest BCUT2D eigenvalue weighted by atomic mass is 16.5. The molecule has 2 bridgehead atoms. The lowest BCUT2D eigenvalue weighted by molar-refractivity contribution is -0.0151. The number of ether oxygens (including phenoxy) is 1. The SMILES string of the molecule is CCOC(C)(C)CNC1CC2CCC1(C)C2(C)C. The third-order valence-corrected chi connectivity index (χ3v) is 6.10. The molecule has 0 aliphatic heterocycles. The van der Waals surface area contributed by atoms with Crippen LogP contribution in [0.1, 0.15) is 60.8 Å². The Kier molecular flexibility index (Phi) is 3.57. The van der Waals surface area contributed by atoms with Crippen LogP contribution in [0.5, 0.6) is 0 Å². The molecule has 0 heterocycles. The van der Waals surface area contributed by atoms with Gasteiger partial charge in [-0.05, 0) is 56.8 Å². The summed E-state index contributed by atoms with van der Waals surface area (Å²) in [6.45, 7) is 15.6. The van der Waals surface area contributed by atoms with E-state index >= 15 is 0 Å². The van der Waals surface area contributed by atoms with Crippen LogP contribution < -0.4 is 5.32 Å². The number of hydrogen-bond donors (Lipinski definition) is 1. The fourth-order valence-corrected chi connectivity index (χ4v) is 4.32. The summed E-state index contributed by atoms with van der Waals surface area (Å²) in [5.41, 5.74) is 0.928. The predicted molar refractivity (Wildman–Crippen MR) is 76.7 cm³/mol. The van der Waals surface area contributed by atoms with Crippen molar-refractivity contribution in [3.63, 3.8) is 0 Å². The van der Waals surface area contributed by atoms with Crippen LogP contribution in [0.25, 0.3) is 0 Å². The van der Waals surface area contributed by atoms with Gasteiger partial charge in [-0.3, -0.25) is 0 Å². The van der Waals surface area contributed by atoms with Crippen LogP contribution in [-0.2, 0) is 4.74 Å². The van der Waals surface area contributed by atoms with Crippen molar-refractivity contribution in [3.8, 4) is 0 Å². The van der Waals surface area contributed by atoms with Crippen LogP contribution in [0.2, 0.25) is 0 Å². The molecule has 106 valence electrons. The van der Waals surface area contributed by atoms with E-state index in [0.29, 0.717) is 16.9 Å². The fraction of sp³-hybridized carbons (Fsp3) is 1.00. The molecule has 3 unspecified atom stereocenters. The Morgan fingerprint density at radius 1 is 1.28 bits per heavy atom. The van der Waals surface area contributed by atoms with Crippen LogP contribution in [-0.4, -0.2) is 24.8 Å². The molecule has 2 saturated carbocycles. The summed E-state index contributed by atoms with van der Waals surface area (Å²) in [5.74, 6) is 0.912. The lowest BCUT2D eigenvalue weighted by atomic mass is 9.69. The average molecular weight is 253 g/mol. The number of hydrogen-bond acceptors (Lipinski definition) is 2. The first-order valence-electron chi connectivity index (χ1n) is 7.60. The van der Waals surface area contributed by atoms with Gasteiger partial charge in [0, 0.05) is 19.2 Å². The normalized spacial score (nSPS) is 38.3. The zero-order valence-corrected chi connectivity index (χ0v) is 13.1. The van der Waals surface area contributed by atoms with Crippen LogP contribution in [0.15, 0.2) is 0 Å². The van der Waals surface area contributed by atoms with Crippen LogP contribution in [0.4, 0.5) is 0 Å². The van der Waals surface area contributed by atoms with Crippen molar-refractivity contribution < 1.29 is 4.74 Å². The lowest BCUT2D eigenvalue weighted by Gasteiger charge is -2.41. The van der Waals surface area contributed by atoms with E-state index in [1.165, 1.54) is 19.3 Å². The summed E-state index contributed by atoms with van der Waals surface area (Å²) in [6, 6.07) is 0.672. The van der Waals surface area contributed by atoms with Gasteiger partial charge in [-0.2, -0.15) is 0 Å². The lowest BCUT2D eigenvalue weighted by Crippen LogP contribution is -2.49. The van der Waals surface area contributed by atoms with Gasteiger partial charge in [-0.15, -0.1) is 0 Å². The zero-order valence-electron chi connectivity index (χ0n) is 13.1. The van der Waals surface area contributed by atoms with E-state index in [4.69, 9.17) is 4.74 Å². The smallest absolute Gasteiger partial charge is 0.0750 e. The van der Waals surface area contributed by atoms with E-state index in [1.54, 1.807) is 0 Å². The van der Waals surface area contributed by atoms with Gasteiger partial charge in [0.1, 0.15) is 0 Å². The van der Waals surface area contributed by atoms with Crippen LogP contribution >= 0.6 is 0 Å². The van der Waals surface area contributed by atoms with E-state index in [-0.39, 0.29) is 5.60 Å². The molecule has 0 aromatic rings. The molecule has 2 aliphatic rings. The van der Waals surface area contributed by atoms with Gasteiger partial charge in [0.15, 0.2) is 0 Å². The van der Waals surface area contributed by atoms with Crippen molar-refractivity contribution in [1.82, 2.24) is 5.32 Å². The average Bonchev–Trinajstić information content (AvgIpc) is 2.58. The Balaban J connectivity index is 1.97. The summed E-state index contributed by atoms with van der Waals surface area (Å²) in [4.78, 5) is 0. The highest BCUT2D eigenvalue weighted by Gasteiger charge is 2.61. The third-order valence-electron chi connectivity index (χ3n) is 6.10. The second kappa shape index (κ2) is 4.49. The highest BCUT2D eigenvalue weighted by Crippen LogP contribution is 2.65. The predicted octanol–water partition coefficient (Wildman–Crippen LogP) is 3.61. The second-order valence-electron chi connectivity index (χ2n) is 7.74. The van der Waals surface area contributed by atoms with Gasteiger partial charge in [-0.25, -0.2) is 0 Å². The second-order valence-corrected chi connectivity index (χ2v) is 7.74. The molecule has 0 aromatic heterocycles. The highest BCUT2D eigenvalue weighted by molar-refractivity contribution is 5.13. The summed E-state index contributed by atoms with van der Waals surface area (Å²) in [5, 5.41) is 3.81. The Labute approximate surface area is 113 Å². The van der Waals surface area contributed by atoms with E-state index < -0.39 is 0 Å². The first-order valence-corrected chi connectivity index (χ1v) is 7.60. The Hall–Kier alpha value is -0.0800. The van der Waals surface area contributed by atoms with Crippen LogP contribution in [0, 0.1) is 16.7 Å². The van der Waals surface area contributed by atoms with Crippen LogP contribution in [0.3, 0.4) is 0 Å². The minimum Gasteiger partial charge on any atom is -0.375 e. The fourth-order valence-electron chi connectivity index (χ4n) is 4.32. The van der Waals surface area contributed by atoms with Gasteiger partial charge in [0.05, 0.1) is 5.60 Å². The third kappa shape index (κ3) is 2.12. The molecule has 1 N–H and O–H groups in total. The van der Waals surface area contributed by atoms with E-state index in [9.17, 15) is 0 Å². The summed E-state index contributed by atoms with van der Waals surface area (Å²) >= 11 is 0. The molecular formula is C16H31NO. The molecule has 2 heteroatoms. The maximum Gasteiger partial charge on any atom is 0.0750 e. The molecule has 0 amide bonds. The van der Waals surface area contributed by atoms with Gasteiger partial charge in [-0.1, -0.05) is 20.8 Å². The monoisotopic (exact) mass is 253 g/mol. The van der Waals surface area contributed by atoms with E-state index in [1.807, 2.05) is 0 Å². The van der Waals surface area contributed by atoms with Crippen molar-refractivity contribution in [2.75, 3.05) is 13.2 Å². The molecular weight excluding hydrogens is 222 g/mol. The molecule has 0 radical (unpaired) electrons. The summed E-state index contributed by atoms with van der Waals surface area (Å²) in [6.07, 6.45) is 4.17. The minimum atomic E-state index is -0.0446. The van der Waals surface area contributed by atoms with Crippen molar-refractivity contribution >= 4 is 0 Å². The number of fused-ring (bicyclic) bond motifs is 2. The molecule has 2 nitrogen and oxygen atoms in total. The maximum absolute atomic E-state index is 5.79. The van der Waals surface area contributed by atoms with E-state index in [2.05, 4.69) is 46.9 Å². The maximum atomic E-state index is 5.79. The van der Waals surface area contributed by atoms with Gasteiger partial charge >= 0.3 is 0 Å². The number of rotatable bonds is 5. The standard InChI is InChI=1S/C16H31NO/c1-7-18-14(2,3)11-17-13-10-12-8-9-16(13,6)15(12,4)5/h12-13,17H,7-11H2,1-6H3. The quantitative estimate of drug-likeness (QED) is 0.808. The number of nitrogens with one attached hydrogen (secondary N) is 1. The summed E-state index contributed by atoms with van der Waals surface area (Å²) in [7, 11) is 0. The van der Waals surface area contributed by atoms with Crippen molar-refractivity contribution in [2.24, 2.45) is 16.7 Å². The molecule has 2 fully saturated rings. The van der Waals surface area contributed by atoms with Crippen molar-refractivity contribution in [1.29, 1.82) is 0 Å². The Morgan fingerprint density at radius 3 is 2.39 bits per heavy atom. The topological polar surface area (TPSA) is 21.3 Å². The van der Waals surface area contributed by atoms with E-state index in [0.717, 1.165) is 19.1 Å². The van der Waals surface area contributed by atoms with Crippen molar-refractivity contribution in [3.05, 3.63) is 0 Å². The first kappa shape index (κ1) is 14.3. The molecule has 18 heavy (non-hydrogen) atoms. The molecule has 2 rings (SSSR count). The Bertz CT molecular complexity index is 310. The Morgan fingerprint density at radius 2 is 1.94 bits per heavy atom. The first-order chi connectivity index (χ1) is 8.23. The van der Waals surface area contributed by atoms with Crippen molar-refractivity contribution in [2.45, 2.75) is 72.4 Å². The molecule has 0 aromatic carbocycles. The molecule has 2 aliphatic carbocycles. The largest absolute Gasteiger partial charge is 0.375 e. The van der Waals surface area contributed by atoms with Gasteiger partial charge < -0.3 is 10.1 Å². The molecule has 0 saturated heterocycles. The summed E-state index contributed by atoms with van der Waals surface area (Å²) < 4.78 is 5.79.